The van der Waals surface area contributed by atoms with Crippen LogP contribution < -0.4 is 0 Å². The Morgan fingerprint density at radius 3 is 2.78 bits per heavy atom. The van der Waals surface area contributed by atoms with Crippen LogP contribution in [0.25, 0.3) is 11.0 Å². The minimum Gasteiger partial charge on any atom is -0.381 e. The molecule has 6 nitrogen and oxygen atoms in total. The molecule has 0 radical (unpaired) electrons. The van der Waals surface area contributed by atoms with E-state index in [2.05, 4.69) is 19.8 Å². The van der Waals surface area contributed by atoms with Crippen molar-refractivity contribution < 1.29 is 13.9 Å². The lowest BCUT2D eigenvalue weighted by Gasteiger charge is -2.57. The fourth-order valence-electron chi connectivity index (χ4n) is 4.72. The van der Waals surface area contributed by atoms with Gasteiger partial charge in [-0.1, -0.05) is 11.6 Å². The van der Waals surface area contributed by atoms with Gasteiger partial charge >= 0.3 is 0 Å². The summed E-state index contributed by atoms with van der Waals surface area (Å²) in [6.07, 6.45) is 2.77. The van der Waals surface area contributed by atoms with E-state index < -0.39 is 0 Å². The molecular weight excluding hydrogens is 371 g/mol. The van der Waals surface area contributed by atoms with Gasteiger partial charge in [0, 0.05) is 44.3 Å². The lowest BCUT2D eigenvalue weighted by atomic mass is 9.84. The molecule has 2 unspecified atom stereocenters. The van der Waals surface area contributed by atoms with Gasteiger partial charge in [-0.2, -0.15) is 0 Å². The van der Waals surface area contributed by atoms with Crippen LogP contribution in [0, 0.1) is 11.7 Å². The first kappa shape index (κ1) is 17.4. The lowest BCUT2D eigenvalue weighted by Crippen LogP contribution is -2.70. The van der Waals surface area contributed by atoms with E-state index in [9.17, 15) is 9.18 Å². The fourth-order valence-corrected chi connectivity index (χ4v) is 4.97. The summed E-state index contributed by atoms with van der Waals surface area (Å²) in [5.74, 6) is 0.846. The molecule has 2 aromatic rings. The van der Waals surface area contributed by atoms with E-state index in [-0.39, 0.29) is 11.7 Å². The van der Waals surface area contributed by atoms with Gasteiger partial charge in [0.25, 0.3) is 0 Å². The highest BCUT2D eigenvalue weighted by molar-refractivity contribution is 6.34. The third-order valence-corrected chi connectivity index (χ3v) is 6.31. The van der Waals surface area contributed by atoms with Crippen molar-refractivity contribution in [2.75, 3.05) is 26.3 Å². The summed E-state index contributed by atoms with van der Waals surface area (Å²) in [6.45, 7) is 3.75. The summed E-state index contributed by atoms with van der Waals surface area (Å²) in [5, 5.41) is 0.322. The van der Waals surface area contributed by atoms with Crippen molar-refractivity contribution in [1.82, 2.24) is 19.8 Å². The van der Waals surface area contributed by atoms with E-state index in [4.69, 9.17) is 16.3 Å². The number of amides is 1. The molecule has 0 aliphatic carbocycles. The van der Waals surface area contributed by atoms with Gasteiger partial charge in [-0.05, 0) is 31.4 Å². The average molecular weight is 393 g/mol. The van der Waals surface area contributed by atoms with Crippen LogP contribution in [0.2, 0.25) is 5.02 Å². The Kier molecular flexibility index (Phi) is 4.33. The van der Waals surface area contributed by atoms with Gasteiger partial charge in [0.2, 0.25) is 5.91 Å². The van der Waals surface area contributed by atoms with Gasteiger partial charge in [-0.3, -0.25) is 9.69 Å². The van der Waals surface area contributed by atoms with E-state index in [1.165, 1.54) is 12.1 Å². The minimum atomic E-state index is -0.371. The van der Waals surface area contributed by atoms with E-state index in [1.54, 1.807) is 0 Å². The lowest BCUT2D eigenvalue weighted by molar-refractivity contribution is -0.161. The molecule has 2 bridgehead atoms. The normalized spacial score (nSPS) is 26.4. The Labute approximate surface area is 161 Å². The molecule has 4 aliphatic heterocycles. The number of aromatic amines is 1. The topological polar surface area (TPSA) is 61.5 Å². The van der Waals surface area contributed by atoms with Crippen molar-refractivity contribution in [3.8, 4) is 0 Å². The molecule has 1 amide bonds. The van der Waals surface area contributed by atoms with E-state index in [0.717, 1.165) is 38.2 Å². The van der Waals surface area contributed by atoms with Crippen LogP contribution in [0.3, 0.4) is 0 Å². The first-order valence-corrected chi connectivity index (χ1v) is 9.92. The zero-order valence-corrected chi connectivity index (χ0v) is 15.7. The van der Waals surface area contributed by atoms with E-state index in [1.807, 2.05) is 0 Å². The van der Waals surface area contributed by atoms with Gasteiger partial charge in [0.05, 0.1) is 17.1 Å². The van der Waals surface area contributed by atoms with Gasteiger partial charge < -0.3 is 14.6 Å². The molecule has 1 N–H and O–H groups in total. The number of piperazine rings is 1. The summed E-state index contributed by atoms with van der Waals surface area (Å²) >= 11 is 6.09. The predicted molar refractivity (Wildman–Crippen MR) is 98.9 cm³/mol. The molecule has 1 aromatic carbocycles. The Morgan fingerprint density at radius 1 is 1.30 bits per heavy atom. The molecule has 27 heavy (non-hydrogen) atoms. The summed E-state index contributed by atoms with van der Waals surface area (Å²) < 4.78 is 18.9. The molecule has 144 valence electrons. The molecule has 5 heterocycles. The smallest absolute Gasteiger partial charge is 0.226 e. The number of aromatic nitrogens is 2. The predicted octanol–water partition coefficient (Wildman–Crippen LogP) is 2.57. The number of rotatable bonds is 3. The van der Waals surface area contributed by atoms with Crippen molar-refractivity contribution in [3.05, 3.63) is 28.8 Å². The second-order valence-corrected chi connectivity index (χ2v) is 8.24. The highest BCUT2D eigenvalue weighted by Gasteiger charge is 2.48. The number of nitrogens with one attached hydrogen (secondary N) is 1. The van der Waals surface area contributed by atoms with Crippen molar-refractivity contribution in [2.45, 2.75) is 37.9 Å². The number of nitrogens with zero attached hydrogens (tertiary/aromatic N) is 3. The molecule has 2 atom stereocenters. The third kappa shape index (κ3) is 3.11. The molecule has 8 heteroatoms. The first-order chi connectivity index (χ1) is 13.1. The second-order valence-electron chi connectivity index (χ2n) is 7.84. The van der Waals surface area contributed by atoms with E-state index >= 15 is 0 Å². The molecule has 6 rings (SSSR count). The van der Waals surface area contributed by atoms with Crippen LogP contribution in [0.5, 0.6) is 0 Å². The maximum Gasteiger partial charge on any atom is 0.226 e. The SMILES string of the molecule is O=C(C1CCOCC1)N1C2CC1CN(Cc1nc3c(Cl)cc(F)cc3[nH]1)C2. The molecular formula is C19H22ClFN4O2. The quantitative estimate of drug-likeness (QED) is 0.872. The highest BCUT2D eigenvalue weighted by Crippen LogP contribution is 2.35. The monoisotopic (exact) mass is 392 g/mol. The van der Waals surface area contributed by atoms with Crippen LogP contribution in [0.15, 0.2) is 12.1 Å². The van der Waals surface area contributed by atoms with Crippen molar-refractivity contribution in [2.24, 2.45) is 5.92 Å². The number of ether oxygens (including phenoxy) is 1. The Hall–Kier alpha value is -1.70. The number of piperidine rings is 1. The number of hydrogen-bond donors (Lipinski definition) is 1. The molecule has 1 aromatic heterocycles. The van der Waals surface area contributed by atoms with Gasteiger partial charge in [-0.15, -0.1) is 0 Å². The van der Waals surface area contributed by atoms with Crippen molar-refractivity contribution in [3.63, 3.8) is 0 Å². The van der Waals surface area contributed by atoms with Crippen LogP contribution in [-0.2, 0) is 16.1 Å². The Morgan fingerprint density at radius 2 is 2.04 bits per heavy atom. The number of fused-ring (bicyclic) bond motifs is 3. The first-order valence-electron chi connectivity index (χ1n) is 9.54. The average Bonchev–Trinajstić information content (AvgIpc) is 3.05. The van der Waals surface area contributed by atoms with Crippen LogP contribution in [0.4, 0.5) is 4.39 Å². The number of H-pyrrole nitrogens is 1. The van der Waals surface area contributed by atoms with Crippen LogP contribution >= 0.6 is 11.6 Å². The second kappa shape index (κ2) is 6.72. The molecule has 4 aliphatic rings. The molecule has 0 saturated carbocycles. The maximum atomic E-state index is 13.5. The minimum absolute atomic E-state index is 0.128. The number of hydrogen-bond acceptors (Lipinski definition) is 4. The zero-order valence-electron chi connectivity index (χ0n) is 15.0. The summed E-state index contributed by atoms with van der Waals surface area (Å²) in [4.78, 5) is 24.9. The van der Waals surface area contributed by atoms with Crippen molar-refractivity contribution >= 4 is 28.5 Å². The van der Waals surface area contributed by atoms with Gasteiger partial charge in [-0.25, -0.2) is 9.37 Å². The molecule has 4 fully saturated rings. The summed E-state index contributed by atoms with van der Waals surface area (Å²) in [6, 6.07) is 3.29. The van der Waals surface area contributed by atoms with Crippen molar-refractivity contribution in [1.29, 1.82) is 0 Å². The number of carbonyl (C=O) groups excluding carboxylic acids is 1. The van der Waals surface area contributed by atoms with E-state index in [0.29, 0.717) is 53.8 Å². The number of carbonyl (C=O) groups is 1. The summed E-state index contributed by atoms with van der Waals surface area (Å²) in [7, 11) is 0. The Balaban J connectivity index is 1.25. The largest absolute Gasteiger partial charge is 0.381 e. The number of benzene rings is 1. The standard InChI is InChI=1S/C19H22ClFN4O2/c20-15-5-12(21)6-16-18(15)23-17(22-16)10-24-8-13-7-14(9-24)25(13)19(26)11-1-3-27-4-2-11/h5-6,11,13-14H,1-4,7-10H2,(H,22,23). The molecule has 0 spiro atoms. The van der Waals surface area contributed by atoms with Crippen LogP contribution in [0.1, 0.15) is 25.1 Å². The number of halogens is 2. The van der Waals surface area contributed by atoms with Crippen LogP contribution in [-0.4, -0.2) is 64.1 Å². The molecule has 4 saturated heterocycles. The maximum absolute atomic E-state index is 13.5. The van der Waals surface area contributed by atoms with Gasteiger partial charge in [0.15, 0.2) is 0 Å². The number of imidazole rings is 1. The van der Waals surface area contributed by atoms with Gasteiger partial charge in [0.1, 0.15) is 17.2 Å². The highest BCUT2D eigenvalue weighted by atomic mass is 35.5. The zero-order chi connectivity index (χ0) is 18.5. The summed E-state index contributed by atoms with van der Waals surface area (Å²) in [5.41, 5.74) is 1.22. The fraction of sp³-hybridized carbons (Fsp3) is 0.579. The Bertz CT molecular complexity index is 870. The third-order valence-electron chi connectivity index (χ3n) is 6.02.